The van der Waals surface area contributed by atoms with E-state index in [2.05, 4.69) is 19.2 Å². The molecule has 3 unspecified atom stereocenters. The molecule has 3 N–H and O–H groups in total. The summed E-state index contributed by atoms with van der Waals surface area (Å²) in [5, 5.41) is 6.09. The van der Waals surface area contributed by atoms with E-state index in [1.807, 2.05) is 37.4 Å². The van der Waals surface area contributed by atoms with Crippen LogP contribution in [-0.2, 0) is 14.3 Å². The second-order valence-corrected chi connectivity index (χ2v) is 13.4. The Kier molecular flexibility index (Phi) is 8.92. The predicted molar refractivity (Wildman–Crippen MR) is 165 cm³/mol. The fourth-order valence-corrected chi connectivity index (χ4v) is 6.08. The SMILES string of the molecule is COc1ccc2c(OC3(C)CC(C(N)=O)N(C(=O)C(C)NC(=O)OC(C)(C)C)C3)cc(-c3nc(C(C)C)cs3)nc2c1C. The number of nitrogens with two attached hydrogens (primary N) is 1. The summed E-state index contributed by atoms with van der Waals surface area (Å²) < 4.78 is 17.5. The van der Waals surface area contributed by atoms with Gasteiger partial charge >= 0.3 is 6.09 Å². The summed E-state index contributed by atoms with van der Waals surface area (Å²) in [4.78, 5) is 49.5. The average molecular weight is 612 g/mol. The van der Waals surface area contributed by atoms with Gasteiger partial charge in [0.05, 0.1) is 24.9 Å². The first-order valence-corrected chi connectivity index (χ1v) is 15.1. The maximum absolute atomic E-state index is 13.5. The molecule has 1 saturated heterocycles. The number of carbonyl (C=O) groups excluding carboxylic acids is 3. The Hall–Kier alpha value is -3.93. The van der Waals surface area contributed by atoms with E-state index in [1.165, 1.54) is 16.2 Å². The smallest absolute Gasteiger partial charge is 0.408 e. The van der Waals surface area contributed by atoms with Gasteiger partial charge in [-0.05, 0) is 59.6 Å². The highest BCUT2D eigenvalue weighted by atomic mass is 32.1. The molecule has 2 aromatic heterocycles. The van der Waals surface area contributed by atoms with E-state index in [0.717, 1.165) is 21.7 Å². The minimum absolute atomic E-state index is 0.0722. The number of benzene rings is 1. The number of rotatable bonds is 8. The van der Waals surface area contributed by atoms with Crippen molar-refractivity contribution < 1.29 is 28.6 Å². The number of primary amides is 1. The molecule has 0 aliphatic carbocycles. The number of aryl methyl sites for hydroxylation is 1. The van der Waals surface area contributed by atoms with Crippen LogP contribution in [-0.4, -0.2) is 69.7 Å². The van der Waals surface area contributed by atoms with E-state index in [1.54, 1.807) is 34.8 Å². The molecule has 1 aromatic carbocycles. The van der Waals surface area contributed by atoms with Gasteiger partial charge in [0.1, 0.15) is 45.5 Å². The van der Waals surface area contributed by atoms with Gasteiger partial charge in [-0.2, -0.15) is 0 Å². The Labute approximate surface area is 256 Å². The van der Waals surface area contributed by atoms with Gasteiger partial charge < -0.3 is 30.2 Å². The molecule has 0 radical (unpaired) electrons. The van der Waals surface area contributed by atoms with E-state index in [9.17, 15) is 14.4 Å². The molecule has 4 rings (SSSR count). The number of alkyl carbamates (subject to hydrolysis) is 1. The van der Waals surface area contributed by atoms with Gasteiger partial charge in [0.15, 0.2) is 0 Å². The fraction of sp³-hybridized carbons (Fsp3) is 0.516. The predicted octanol–water partition coefficient (Wildman–Crippen LogP) is 4.94. The number of nitrogens with zero attached hydrogens (tertiary/aromatic N) is 3. The van der Waals surface area contributed by atoms with Crippen LogP contribution >= 0.6 is 11.3 Å². The first kappa shape index (κ1) is 32.0. The third-order valence-corrected chi connectivity index (χ3v) is 8.16. The molecule has 3 amide bonds. The summed E-state index contributed by atoms with van der Waals surface area (Å²) in [6, 6.07) is 3.70. The Bertz CT molecular complexity index is 1550. The van der Waals surface area contributed by atoms with E-state index in [4.69, 9.17) is 29.9 Å². The summed E-state index contributed by atoms with van der Waals surface area (Å²) >= 11 is 1.51. The lowest BCUT2D eigenvalue weighted by atomic mass is 10.0. The van der Waals surface area contributed by atoms with Gasteiger partial charge in [-0.1, -0.05) is 13.8 Å². The van der Waals surface area contributed by atoms with Crippen molar-refractivity contribution in [2.75, 3.05) is 13.7 Å². The lowest BCUT2D eigenvalue weighted by molar-refractivity contribution is -0.138. The van der Waals surface area contributed by atoms with Crippen LogP contribution in [0.4, 0.5) is 4.79 Å². The topological polar surface area (TPSA) is 146 Å². The molecule has 43 heavy (non-hydrogen) atoms. The first-order valence-electron chi connectivity index (χ1n) is 14.2. The number of ether oxygens (including phenoxy) is 3. The standard InChI is InChI=1S/C31H41N5O6S/c1-16(2)21-14-43-27(35-21)20-12-24(19-10-11-23(40-9)17(3)25(19)34-20)41-31(8)13-22(26(32)37)36(15-31)28(38)18(4)33-29(39)42-30(5,6)7/h10-12,14,16,18,22H,13,15H2,1-9H3,(H2,32,37)(H,33,39). The molecule has 1 fully saturated rings. The van der Waals surface area contributed by atoms with Crippen LogP contribution < -0.4 is 20.5 Å². The van der Waals surface area contributed by atoms with Crippen molar-refractivity contribution in [1.82, 2.24) is 20.2 Å². The van der Waals surface area contributed by atoms with Crippen LogP contribution in [0.5, 0.6) is 11.5 Å². The van der Waals surface area contributed by atoms with Crippen LogP contribution in [0.2, 0.25) is 0 Å². The number of amides is 3. The van der Waals surface area contributed by atoms with Crippen molar-refractivity contribution in [2.45, 2.75) is 91.0 Å². The number of thiazole rings is 1. The molecular weight excluding hydrogens is 570 g/mol. The molecule has 12 heteroatoms. The van der Waals surface area contributed by atoms with Crippen molar-refractivity contribution >= 4 is 40.1 Å². The van der Waals surface area contributed by atoms with E-state index in [0.29, 0.717) is 22.7 Å². The van der Waals surface area contributed by atoms with Gasteiger partial charge in [-0.3, -0.25) is 9.59 Å². The highest BCUT2D eigenvalue weighted by Gasteiger charge is 2.48. The number of aromatic nitrogens is 2. The molecule has 0 spiro atoms. The summed E-state index contributed by atoms with van der Waals surface area (Å²) in [6.45, 7) is 14.8. The molecule has 0 saturated carbocycles. The second-order valence-electron chi connectivity index (χ2n) is 12.5. The van der Waals surface area contributed by atoms with Crippen LogP contribution in [0.3, 0.4) is 0 Å². The number of carbonyl (C=O) groups is 3. The van der Waals surface area contributed by atoms with Gasteiger partial charge in [-0.25, -0.2) is 14.8 Å². The highest BCUT2D eigenvalue weighted by Crippen LogP contribution is 2.40. The first-order chi connectivity index (χ1) is 20.0. The quantitative estimate of drug-likeness (QED) is 0.364. The normalized spacial score (nSPS) is 19.4. The number of likely N-dealkylation sites (tertiary alicyclic amines) is 1. The van der Waals surface area contributed by atoms with Crippen molar-refractivity contribution in [2.24, 2.45) is 5.73 Å². The summed E-state index contributed by atoms with van der Waals surface area (Å²) in [5.41, 5.74) is 7.22. The van der Waals surface area contributed by atoms with Crippen molar-refractivity contribution in [3.63, 3.8) is 0 Å². The van der Waals surface area contributed by atoms with Crippen LogP contribution in [0.1, 0.15) is 72.1 Å². The Morgan fingerprint density at radius 1 is 1.16 bits per heavy atom. The van der Waals surface area contributed by atoms with Gasteiger partial charge in [0, 0.05) is 28.8 Å². The Morgan fingerprint density at radius 2 is 1.86 bits per heavy atom. The number of nitrogens with one attached hydrogen (secondary N) is 1. The minimum atomic E-state index is -0.980. The number of pyridine rings is 1. The number of fused-ring (bicyclic) bond motifs is 1. The third kappa shape index (κ3) is 7.01. The number of hydrogen-bond donors (Lipinski definition) is 2. The van der Waals surface area contributed by atoms with Crippen molar-refractivity contribution in [3.8, 4) is 22.2 Å². The molecule has 1 aliphatic rings. The van der Waals surface area contributed by atoms with Crippen LogP contribution in [0, 0.1) is 6.92 Å². The van der Waals surface area contributed by atoms with Crippen LogP contribution in [0.15, 0.2) is 23.6 Å². The molecular formula is C31H41N5O6S. The molecule has 11 nitrogen and oxygen atoms in total. The molecule has 3 atom stereocenters. The molecule has 232 valence electrons. The Morgan fingerprint density at radius 3 is 2.44 bits per heavy atom. The zero-order valence-electron chi connectivity index (χ0n) is 26.2. The second kappa shape index (κ2) is 12.0. The molecule has 3 aromatic rings. The van der Waals surface area contributed by atoms with Crippen molar-refractivity contribution in [1.29, 1.82) is 0 Å². The summed E-state index contributed by atoms with van der Waals surface area (Å²) in [7, 11) is 1.61. The maximum atomic E-state index is 13.5. The zero-order valence-corrected chi connectivity index (χ0v) is 27.0. The summed E-state index contributed by atoms with van der Waals surface area (Å²) in [6.07, 6.45) is -0.567. The maximum Gasteiger partial charge on any atom is 0.408 e. The number of methoxy groups -OCH3 is 1. The minimum Gasteiger partial charge on any atom is -0.496 e. The number of hydrogen-bond acceptors (Lipinski definition) is 9. The fourth-order valence-electron chi connectivity index (χ4n) is 5.14. The van der Waals surface area contributed by atoms with E-state index in [-0.39, 0.29) is 18.9 Å². The van der Waals surface area contributed by atoms with Crippen LogP contribution in [0.25, 0.3) is 21.6 Å². The lowest BCUT2D eigenvalue weighted by Gasteiger charge is -2.29. The third-order valence-electron chi connectivity index (χ3n) is 7.28. The van der Waals surface area contributed by atoms with Crippen molar-refractivity contribution in [3.05, 3.63) is 34.8 Å². The van der Waals surface area contributed by atoms with Gasteiger partial charge in [-0.15, -0.1) is 11.3 Å². The largest absolute Gasteiger partial charge is 0.496 e. The molecule has 3 heterocycles. The van der Waals surface area contributed by atoms with Gasteiger partial charge in [0.25, 0.3) is 0 Å². The zero-order chi connectivity index (χ0) is 31.9. The van der Waals surface area contributed by atoms with E-state index >= 15 is 0 Å². The highest BCUT2D eigenvalue weighted by molar-refractivity contribution is 7.13. The van der Waals surface area contributed by atoms with Gasteiger partial charge in [0.2, 0.25) is 11.8 Å². The average Bonchev–Trinajstić information content (AvgIpc) is 3.53. The lowest BCUT2D eigenvalue weighted by Crippen LogP contribution is -2.52. The molecule has 0 bridgehead atoms. The Balaban J connectivity index is 1.69. The summed E-state index contributed by atoms with van der Waals surface area (Å²) in [5.74, 6) is 0.366. The molecule has 1 aliphatic heterocycles. The van der Waals surface area contributed by atoms with E-state index < -0.39 is 41.2 Å². The monoisotopic (exact) mass is 611 g/mol.